The Morgan fingerprint density at radius 1 is 1.23 bits per heavy atom. The van der Waals surface area contributed by atoms with Crippen molar-refractivity contribution in [3.05, 3.63) is 47.5 Å². The lowest BCUT2D eigenvalue weighted by atomic mass is 10.0. The molecular formula is C22H27N5O4. The predicted octanol–water partition coefficient (Wildman–Crippen LogP) is 2.24. The van der Waals surface area contributed by atoms with Gasteiger partial charge in [-0.15, -0.1) is 0 Å². The van der Waals surface area contributed by atoms with E-state index >= 15 is 0 Å². The minimum Gasteiger partial charge on any atom is -0.495 e. The summed E-state index contributed by atoms with van der Waals surface area (Å²) < 4.78 is 5.27. The second kappa shape index (κ2) is 10.0. The molecule has 3 rings (SSSR count). The van der Waals surface area contributed by atoms with E-state index in [1.54, 1.807) is 30.0 Å². The Bertz CT molecular complexity index is 978. The molecule has 164 valence electrons. The third-order valence-electron chi connectivity index (χ3n) is 5.21. The normalized spacial score (nSPS) is 15.8. The average Bonchev–Trinajstić information content (AvgIpc) is 2.77. The van der Waals surface area contributed by atoms with E-state index in [1.165, 1.54) is 20.2 Å². The third-order valence-corrected chi connectivity index (χ3v) is 5.21. The van der Waals surface area contributed by atoms with E-state index in [9.17, 15) is 14.4 Å². The fourth-order valence-corrected chi connectivity index (χ4v) is 3.61. The van der Waals surface area contributed by atoms with Crippen LogP contribution < -0.4 is 15.4 Å². The summed E-state index contributed by atoms with van der Waals surface area (Å²) in [5, 5.41) is 5.37. The lowest BCUT2D eigenvalue weighted by molar-refractivity contribution is -0.136. The lowest BCUT2D eigenvalue weighted by Crippen LogP contribution is -2.44. The number of para-hydroxylation sites is 2. The van der Waals surface area contributed by atoms with E-state index < -0.39 is 0 Å². The number of nitrogens with one attached hydrogen (secondary N) is 2. The Morgan fingerprint density at radius 2 is 2.00 bits per heavy atom. The number of nitrogens with zero attached hydrogens (tertiary/aromatic N) is 3. The maximum Gasteiger partial charge on any atom is 0.259 e. The van der Waals surface area contributed by atoms with Gasteiger partial charge >= 0.3 is 0 Å². The highest BCUT2D eigenvalue weighted by molar-refractivity contribution is 6.05. The van der Waals surface area contributed by atoms with Gasteiger partial charge in [-0.05, 0) is 38.3 Å². The van der Waals surface area contributed by atoms with Gasteiger partial charge in [0, 0.05) is 19.7 Å². The molecule has 2 heterocycles. The first-order chi connectivity index (χ1) is 14.9. The first-order valence-electron chi connectivity index (χ1n) is 10.2. The summed E-state index contributed by atoms with van der Waals surface area (Å²) in [6.07, 6.45) is 4.07. The highest BCUT2D eigenvalue weighted by atomic mass is 16.5. The van der Waals surface area contributed by atoms with Crippen LogP contribution in [0, 0.1) is 6.92 Å². The molecule has 0 radical (unpaired) electrons. The molecule has 9 heteroatoms. The molecule has 1 aromatic carbocycles. The molecule has 2 N–H and O–H groups in total. The summed E-state index contributed by atoms with van der Waals surface area (Å²) in [4.78, 5) is 47.2. The fourth-order valence-electron chi connectivity index (χ4n) is 3.61. The number of ether oxygens (including phenoxy) is 1. The van der Waals surface area contributed by atoms with Crippen LogP contribution in [-0.4, -0.2) is 52.8 Å². The molecule has 1 unspecified atom stereocenters. The molecule has 0 saturated carbocycles. The van der Waals surface area contributed by atoms with Gasteiger partial charge in [-0.1, -0.05) is 12.1 Å². The molecule has 1 aliphatic heterocycles. The standard InChI is InChI=1S/C22H27N5O4/c1-14-16(22(30)26-17-8-4-5-10-19(17)31-3)12-24-21(25-14)18-9-6-7-11-27(18)20(29)13-23-15(2)28/h4-5,8,10,12,18H,6-7,9,11,13H2,1-3H3,(H,23,28)(H,26,30). The van der Waals surface area contributed by atoms with Crippen molar-refractivity contribution in [1.29, 1.82) is 0 Å². The van der Waals surface area contributed by atoms with Crippen LogP contribution in [0.15, 0.2) is 30.5 Å². The number of anilines is 1. The van der Waals surface area contributed by atoms with Crippen LogP contribution >= 0.6 is 0 Å². The van der Waals surface area contributed by atoms with Crippen molar-refractivity contribution in [1.82, 2.24) is 20.2 Å². The summed E-state index contributed by atoms with van der Waals surface area (Å²) >= 11 is 0. The first kappa shape index (κ1) is 22.2. The summed E-state index contributed by atoms with van der Waals surface area (Å²) in [5.74, 6) is 0.304. The van der Waals surface area contributed by atoms with Gasteiger partial charge < -0.3 is 20.3 Å². The SMILES string of the molecule is COc1ccccc1NC(=O)c1cnc(C2CCCCN2C(=O)CNC(C)=O)nc1C. The van der Waals surface area contributed by atoms with Crippen molar-refractivity contribution in [2.75, 3.05) is 25.5 Å². The Morgan fingerprint density at radius 3 is 2.71 bits per heavy atom. The van der Waals surface area contributed by atoms with Gasteiger partial charge in [0.15, 0.2) is 5.82 Å². The third kappa shape index (κ3) is 5.36. The topological polar surface area (TPSA) is 114 Å². The monoisotopic (exact) mass is 425 g/mol. The molecule has 0 bridgehead atoms. The van der Waals surface area contributed by atoms with Crippen LogP contribution in [0.4, 0.5) is 5.69 Å². The van der Waals surface area contributed by atoms with Gasteiger partial charge in [0.1, 0.15) is 5.75 Å². The maximum atomic E-state index is 12.8. The van der Waals surface area contributed by atoms with Crippen LogP contribution in [0.25, 0.3) is 0 Å². The quantitative estimate of drug-likeness (QED) is 0.734. The number of piperidine rings is 1. The zero-order valence-electron chi connectivity index (χ0n) is 18.0. The highest BCUT2D eigenvalue weighted by Crippen LogP contribution is 2.29. The molecular weight excluding hydrogens is 398 g/mol. The molecule has 1 saturated heterocycles. The van der Waals surface area contributed by atoms with Crippen molar-refractivity contribution in [2.24, 2.45) is 0 Å². The molecule has 31 heavy (non-hydrogen) atoms. The van der Waals surface area contributed by atoms with Gasteiger partial charge in [0.25, 0.3) is 5.91 Å². The number of methoxy groups -OCH3 is 1. The zero-order chi connectivity index (χ0) is 22.4. The van der Waals surface area contributed by atoms with E-state index in [2.05, 4.69) is 20.6 Å². The molecule has 1 aliphatic rings. The fraction of sp³-hybridized carbons (Fsp3) is 0.409. The molecule has 2 aromatic rings. The zero-order valence-corrected chi connectivity index (χ0v) is 18.0. The summed E-state index contributed by atoms with van der Waals surface area (Å²) in [6.45, 7) is 3.66. The maximum absolute atomic E-state index is 12.8. The Kier molecular flexibility index (Phi) is 7.17. The largest absolute Gasteiger partial charge is 0.495 e. The van der Waals surface area contributed by atoms with E-state index in [0.717, 1.165) is 19.3 Å². The number of amides is 3. The summed E-state index contributed by atoms with van der Waals surface area (Å²) in [6, 6.07) is 6.86. The molecule has 1 atom stereocenters. The summed E-state index contributed by atoms with van der Waals surface area (Å²) in [5.41, 5.74) is 1.43. The number of hydrogen-bond acceptors (Lipinski definition) is 6. The number of aryl methyl sites for hydroxylation is 1. The van der Waals surface area contributed by atoms with Crippen LogP contribution in [-0.2, 0) is 9.59 Å². The van der Waals surface area contributed by atoms with Crippen LogP contribution in [0.1, 0.15) is 54.1 Å². The van der Waals surface area contributed by atoms with Crippen molar-refractivity contribution in [3.63, 3.8) is 0 Å². The van der Waals surface area contributed by atoms with Crippen LogP contribution in [0.5, 0.6) is 5.75 Å². The van der Waals surface area contributed by atoms with Gasteiger partial charge in [0.2, 0.25) is 11.8 Å². The number of likely N-dealkylation sites (tertiary alicyclic amines) is 1. The number of rotatable bonds is 6. The van der Waals surface area contributed by atoms with Crippen molar-refractivity contribution >= 4 is 23.4 Å². The van der Waals surface area contributed by atoms with E-state index in [0.29, 0.717) is 35.1 Å². The second-order valence-corrected chi connectivity index (χ2v) is 7.39. The molecule has 0 aliphatic carbocycles. The smallest absolute Gasteiger partial charge is 0.259 e. The number of carbonyl (C=O) groups is 3. The van der Waals surface area contributed by atoms with E-state index in [-0.39, 0.29) is 30.3 Å². The Hall–Kier alpha value is -3.49. The van der Waals surface area contributed by atoms with Gasteiger partial charge in [-0.3, -0.25) is 14.4 Å². The molecule has 3 amide bonds. The van der Waals surface area contributed by atoms with Crippen molar-refractivity contribution in [2.45, 2.75) is 39.2 Å². The average molecular weight is 425 g/mol. The second-order valence-electron chi connectivity index (χ2n) is 7.39. The van der Waals surface area contributed by atoms with E-state index in [1.807, 2.05) is 6.07 Å². The summed E-state index contributed by atoms with van der Waals surface area (Å²) in [7, 11) is 1.54. The number of carbonyl (C=O) groups excluding carboxylic acids is 3. The molecule has 0 spiro atoms. The Balaban J connectivity index is 1.77. The number of aromatic nitrogens is 2. The van der Waals surface area contributed by atoms with Gasteiger partial charge in [0.05, 0.1) is 36.6 Å². The lowest BCUT2D eigenvalue weighted by Gasteiger charge is -2.35. The van der Waals surface area contributed by atoms with Gasteiger partial charge in [-0.25, -0.2) is 9.97 Å². The predicted molar refractivity (Wildman–Crippen MR) is 115 cm³/mol. The number of benzene rings is 1. The molecule has 1 fully saturated rings. The number of hydrogen-bond donors (Lipinski definition) is 2. The van der Waals surface area contributed by atoms with E-state index in [4.69, 9.17) is 4.74 Å². The minimum atomic E-state index is -0.337. The highest BCUT2D eigenvalue weighted by Gasteiger charge is 2.30. The molecule has 9 nitrogen and oxygen atoms in total. The van der Waals surface area contributed by atoms with Crippen molar-refractivity contribution in [3.8, 4) is 5.75 Å². The van der Waals surface area contributed by atoms with Gasteiger partial charge in [-0.2, -0.15) is 0 Å². The Labute approximate surface area is 181 Å². The van der Waals surface area contributed by atoms with Crippen LogP contribution in [0.2, 0.25) is 0 Å². The molecule has 1 aromatic heterocycles. The van der Waals surface area contributed by atoms with Crippen molar-refractivity contribution < 1.29 is 19.1 Å². The first-order valence-corrected chi connectivity index (χ1v) is 10.2. The minimum absolute atomic E-state index is 0.0514. The van der Waals surface area contributed by atoms with Crippen LogP contribution in [0.3, 0.4) is 0 Å².